The molecule has 0 bridgehead atoms. The van der Waals surface area contributed by atoms with Crippen molar-refractivity contribution in [3.63, 3.8) is 0 Å². The van der Waals surface area contributed by atoms with Gasteiger partial charge in [-0.05, 0) is 37.1 Å². The van der Waals surface area contributed by atoms with E-state index in [0.29, 0.717) is 11.6 Å². The summed E-state index contributed by atoms with van der Waals surface area (Å²) in [5.41, 5.74) is 0.954. The number of halogens is 1. The first-order chi connectivity index (χ1) is 15.6. The number of amides is 2. The second kappa shape index (κ2) is 11.9. The molecule has 2 aromatic rings. The van der Waals surface area contributed by atoms with E-state index in [0.717, 1.165) is 22.5 Å². The molecule has 180 valence electrons. The summed E-state index contributed by atoms with van der Waals surface area (Å²) in [6.45, 7) is 3.65. The quantitative estimate of drug-likeness (QED) is 0.517. The number of sulfonamides is 1. The standard InChI is InChI=1S/C23H30ClN3O5S/c1-5-13-25-23(29)17(2)26(15-18-9-7-6-8-10-18)22(28)16-27(33(4,30)31)20-14-19(24)11-12-21(20)32-3/h6-12,14,17H,5,13,15-16H2,1-4H3,(H,25,29). The fourth-order valence-electron chi connectivity index (χ4n) is 3.21. The van der Waals surface area contributed by atoms with Crippen molar-refractivity contribution in [3.8, 4) is 5.75 Å². The summed E-state index contributed by atoms with van der Waals surface area (Å²) in [5.74, 6) is -0.598. The minimum atomic E-state index is -3.88. The van der Waals surface area contributed by atoms with Crippen LogP contribution in [-0.4, -0.2) is 57.6 Å². The third kappa shape index (κ3) is 7.36. The molecule has 2 amide bonds. The number of rotatable bonds is 11. The fourth-order valence-corrected chi connectivity index (χ4v) is 4.22. The lowest BCUT2D eigenvalue weighted by Gasteiger charge is -2.31. The molecule has 8 nitrogen and oxygen atoms in total. The second-order valence-corrected chi connectivity index (χ2v) is 9.90. The minimum absolute atomic E-state index is 0.142. The molecule has 0 saturated carbocycles. The molecule has 0 spiro atoms. The molecule has 2 rings (SSSR count). The monoisotopic (exact) mass is 495 g/mol. The van der Waals surface area contributed by atoms with E-state index in [-0.39, 0.29) is 23.9 Å². The van der Waals surface area contributed by atoms with E-state index < -0.39 is 28.5 Å². The summed E-state index contributed by atoms with van der Waals surface area (Å²) in [6.07, 6.45) is 1.75. The van der Waals surface area contributed by atoms with E-state index >= 15 is 0 Å². The van der Waals surface area contributed by atoms with Gasteiger partial charge in [0.1, 0.15) is 18.3 Å². The van der Waals surface area contributed by atoms with Crippen LogP contribution in [0.4, 0.5) is 5.69 Å². The Hall–Kier alpha value is -2.78. The van der Waals surface area contributed by atoms with Crippen molar-refractivity contribution in [3.05, 3.63) is 59.1 Å². The number of ether oxygens (including phenoxy) is 1. The van der Waals surface area contributed by atoms with Crippen LogP contribution in [0.2, 0.25) is 5.02 Å². The molecule has 0 aliphatic heterocycles. The van der Waals surface area contributed by atoms with Crippen LogP contribution in [0.3, 0.4) is 0 Å². The van der Waals surface area contributed by atoms with E-state index in [1.54, 1.807) is 13.0 Å². The molecule has 0 aliphatic carbocycles. The van der Waals surface area contributed by atoms with Gasteiger partial charge >= 0.3 is 0 Å². The van der Waals surface area contributed by atoms with Gasteiger partial charge in [0.25, 0.3) is 0 Å². The number of methoxy groups -OCH3 is 1. The summed E-state index contributed by atoms with van der Waals surface area (Å²) < 4.78 is 31.5. The van der Waals surface area contributed by atoms with Crippen molar-refractivity contribution >= 4 is 39.1 Å². The first-order valence-electron chi connectivity index (χ1n) is 10.5. The van der Waals surface area contributed by atoms with Crippen LogP contribution < -0.4 is 14.4 Å². The lowest BCUT2D eigenvalue weighted by Crippen LogP contribution is -2.51. The highest BCUT2D eigenvalue weighted by Gasteiger charge is 2.31. The molecule has 2 aromatic carbocycles. The van der Waals surface area contributed by atoms with Crippen LogP contribution in [0.25, 0.3) is 0 Å². The number of nitrogens with zero attached hydrogens (tertiary/aromatic N) is 2. The zero-order valence-electron chi connectivity index (χ0n) is 19.2. The summed E-state index contributed by atoms with van der Waals surface area (Å²) in [7, 11) is -2.48. The number of carbonyl (C=O) groups is 2. The molecular formula is C23H30ClN3O5S. The summed E-state index contributed by atoms with van der Waals surface area (Å²) in [6, 6.07) is 12.9. The summed E-state index contributed by atoms with van der Waals surface area (Å²) in [4.78, 5) is 27.5. The molecule has 1 N–H and O–H groups in total. The van der Waals surface area contributed by atoms with Crippen LogP contribution >= 0.6 is 11.6 Å². The van der Waals surface area contributed by atoms with Crippen LogP contribution in [0, 0.1) is 0 Å². The van der Waals surface area contributed by atoms with Crippen molar-refractivity contribution in [2.75, 3.05) is 30.8 Å². The number of anilines is 1. The third-order valence-electron chi connectivity index (χ3n) is 5.00. The summed E-state index contributed by atoms with van der Waals surface area (Å²) >= 11 is 6.09. The van der Waals surface area contributed by atoms with E-state index in [1.807, 2.05) is 37.3 Å². The lowest BCUT2D eigenvalue weighted by atomic mass is 10.1. The molecule has 0 aromatic heterocycles. The molecule has 0 fully saturated rings. The van der Waals surface area contributed by atoms with Crippen molar-refractivity contribution in [1.82, 2.24) is 10.2 Å². The van der Waals surface area contributed by atoms with E-state index in [9.17, 15) is 18.0 Å². The van der Waals surface area contributed by atoms with Crippen LogP contribution in [-0.2, 0) is 26.2 Å². The first-order valence-corrected chi connectivity index (χ1v) is 12.7. The maximum atomic E-state index is 13.4. The van der Waals surface area contributed by atoms with Crippen LogP contribution in [0.5, 0.6) is 5.75 Å². The highest BCUT2D eigenvalue weighted by molar-refractivity contribution is 7.92. The number of hydrogen-bond donors (Lipinski definition) is 1. The largest absolute Gasteiger partial charge is 0.495 e. The second-order valence-electron chi connectivity index (χ2n) is 7.56. The molecule has 1 unspecified atom stereocenters. The lowest BCUT2D eigenvalue weighted by molar-refractivity contribution is -0.139. The SMILES string of the molecule is CCCNC(=O)C(C)N(Cc1ccccc1)C(=O)CN(c1cc(Cl)ccc1OC)S(C)(=O)=O. The molecule has 0 radical (unpaired) electrons. The molecule has 1 atom stereocenters. The zero-order chi connectivity index (χ0) is 24.6. The van der Waals surface area contributed by atoms with Gasteiger partial charge in [-0.25, -0.2) is 8.42 Å². The molecule has 0 heterocycles. The van der Waals surface area contributed by atoms with Gasteiger partial charge in [-0.2, -0.15) is 0 Å². The Morgan fingerprint density at radius 1 is 1.15 bits per heavy atom. The summed E-state index contributed by atoms with van der Waals surface area (Å²) in [5, 5.41) is 3.08. The van der Waals surface area contributed by atoms with Crippen molar-refractivity contribution in [1.29, 1.82) is 0 Å². The van der Waals surface area contributed by atoms with Gasteiger partial charge in [0.15, 0.2) is 0 Å². The topological polar surface area (TPSA) is 96.0 Å². The Balaban J connectivity index is 2.42. The highest BCUT2D eigenvalue weighted by Crippen LogP contribution is 2.33. The predicted molar refractivity (Wildman–Crippen MR) is 130 cm³/mol. The first kappa shape index (κ1) is 26.5. The average Bonchev–Trinajstić information content (AvgIpc) is 2.78. The van der Waals surface area contributed by atoms with Gasteiger partial charge in [-0.3, -0.25) is 13.9 Å². The van der Waals surface area contributed by atoms with Gasteiger partial charge < -0.3 is 15.0 Å². The highest BCUT2D eigenvalue weighted by atomic mass is 35.5. The zero-order valence-corrected chi connectivity index (χ0v) is 20.8. The van der Waals surface area contributed by atoms with Crippen molar-refractivity contribution in [2.45, 2.75) is 32.9 Å². The maximum Gasteiger partial charge on any atom is 0.244 e. The Bertz CT molecular complexity index is 1060. The van der Waals surface area contributed by atoms with Gasteiger partial charge in [-0.15, -0.1) is 0 Å². The van der Waals surface area contributed by atoms with E-state index in [1.165, 1.54) is 24.1 Å². The van der Waals surface area contributed by atoms with E-state index in [4.69, 9.17) is 16.3 Å². The van der Waals surface area contributed by atoms with Gasteiger partial charge in [0.2, 0.25) is 21.8 Å². The van der Waals surface area contributed by atoms with Crippen molar-refractivity contribution in [2.24, 2.45) is 0 Å². The predicted octanol–water partition coefficient (Wildman–Crippen LogP) is 3.06. The van der Waals surface area contributed by atoms with Crippen LogP contribution in [0.15, 0.2) is 48.5 Å². The normalized spacial score (nSPS) is 12.0. The van der Waals surface area contributed by atoms with Gasteiger partial charge in [0.05, 0.1) is 19.1 Å². The van der Waals surface area contributed by atoms with Crippen LogP contribution in [0.1, 0.15) is 25.8 Å². The molecule has 10 heteroatoms. The van der Waals surface area contributed by atoms with Crippen molar-refractivity contribution < 1.29 is 22.7 Å². The maximum absolute atomic E-state index is 13.4. The molecule has 0 aliphatic rings. The Morgan fingerprint density at radius 2 is 1.82 bits per heavy atom. The number of hydrogen-bond acceptors (Lipinski definition) is 5. The Kier molecular flexibility index (Phi) is 9.55. The van der Waals surface area contributed by atoms with Gasteiger partial charge in [0, 0.05) is 18.1 Å². The molecule has 0 saturated heterocycles. The minimum Gasteiger partial charge on any atom is -0.495 e. The molecular weight excluding hydrogens is 466 g/mol. The number of nitrogens with one attached hydrogen (secondary N) is 1. The Labute approximate surface area is 200 Å². The Morgan fingerprint density at radius 3 is 2.39 bits per heavy atom. The van der Waals surface area contributed by atoms with E-state index in [2.05, 4.69) is 5.32 Å². The van der Waals surface area contributed by atoms with Gasteiger partial charge in [-0.1, -0.05) is 48.9 Å². The number of carbonyl (C=O) groups excluding carboxylic acids is 2. The average molecular weight is 496 g/mol. The number of benzene rings is 2. The smallest absolute Gasteiger partial charge is 0.244 e. The third-order valence-corrected chi connectivity index (χ3v) is 6.36. The molecule has 33 heavy (non-hydrogen) atoms. The fraction of sp³-hybridized carbons (Fsp3) is 0.391.